The van der Waals surface area contributed by atoms with E-state index in [9.17, 15) is 21.6 Å². The Labute approximate surface area is 162 Å². The van der Waals surface area contributed by atoms with E-state index in [1.807, 2.05) is 11.8 Å². The molecule has 1 aromatic carbocycles. The third-order valence-electron chi connectivity index (χ3n) is 3.83. The summed E-state index contributed by atoms with van der Waals surface area (Å²) in [7, 11) is -8.32. The third kappa shape index (κ3) is 4.87. The maximum absolute atomic E-state index is 12.5. The monoisotopic (exact) mass is 445 g/mol. The van der Waals surface area contributed by atoms with E-state index in [4.69, 9.17) is 31.6 Å². The van der Waals surface area contributed by atoms with Gasteiger partial charge in [0, 0.05) is 18.1 Å². The lowest BCUT2D eigenvalue weighted by Gasteiger charge is -2.46. The zero-order chi connectivity index (χ0) is 19.8. The fourth-order valence-electron chi connectivity index (χ4n) is 2.44. The van der Waals surface area contributed by atoms with Crippen LogP contribution in [-0.4, -0.2) is 60.2 Å². The number of nitrogens with zero attached hydrogens (tertiary/aromatic N) is 1. The van der Waals surface area contributed by atoms with Gasteiger partial charge in [-0.2, -0.15) is 16.8 Å². The van der Waals surface area contributed by atoms with Crippen molar-refractivity contribution >= 4 is 49.4 Å². The molecule has 0 radical (unpaired) electrons. The summed E-state index contributed by atoms with van der Waals surface area (Å²) >= 11 is 11.6. The van der Waals surface area contributed by atoms with Crippen LogP contribution < -0.4 is 0 Å². The van der Waals surface area contributed by atoms with Crippen LogP contribution in [0.5, 0.6) is 0 Å². The van der Waals surface area contributed by atoms with Crippen molar-refractivity contribution in [1.82, 2.24) is 4.90 Å². The Morgan fingerprint density at radius 2 is 1.85 bits per heavy atom. The molecule has 1 fully saturated rings. The number of carbonyl (C=O) groups excluding carboxylic acids is 1. The van der Waals surface area contributed by atoms with Crippen LogP contribution >= 0.6 is 23.2 Å². The van der Waals surface area contributed by atoms with E-state index in [-0.39, 0.29) is 23.1 Å². The predicted molar refractivity (Wildman–Crippen MR) is 95.1 cm³/mol. The second-order valence-electron chi connectivity index (χ2n) is 5.95. The van der Waals surface area contributed by atoms with Gasteiger partial charge in [0.2, 0.25) is 0 Å². The molecular weight excluding hydrogens is 429 g/mol. The average molecular weight is 446 g/mol. The second kappa shape index (κ2) is 7.61. The summed E-state index contributed by atoms with van der Waals surface area (Å²) in [6, 6.07) is 3.61. The summed E-state index contributed by atoms with van der Waals surface area (Å²) < 4.78 is 56.6. The summed E-state index contributed by atoms with van der Waals surface area (Å²) in [5.74, 6) is -1.10. The summed E-state index contributed by atoms with van der Waals surface area (Å²) in [5, 5.41) is 0.0198. The van der Waals surface area contributed by atoms with Crippen molar-refractivity contribution in [3.05, 3.63) is 28.2 Å². The zero-order valence-corrected chi connectivity index (χ0v) is 17.1. The maximum Gasteiger partial charge on any atom is 0.343 e. The minimum atomic E-state index is -4.51. The molecule has 8 nitrogen and oxygen atoms in total. The van der Waals surface area contributed by atoms with E-state index in [0.29, 0.717) is 6.54 Å². The fourth-order valence-corrected chi connectivity index (χ4v) is 4.57. The fraction of sp³-hybridized carbons (Fsp3) is 0.500. The van der Waals surface area contributed by atoms with Crippen LogP contribution in [0.15, 0.2) is 23.1 Å². The standard InChI is InChI=1S/C14H17Cl2NO7S2/c1-3-17-7-14(8-17,9-23-25(2,19)20)13(18)24-26(21,22)12-5-4-10(15)6-11(12)16/h4-6H,3,7-9H2,1-2H3. The Morgan fingerprint density at radius 3 is 2.35 bits per heavy atom. The molecule has 146 valence electrons. The topological polar surface area (TPSA) is 107 Å². The molecule has 2 rings (SSSR count). The molecule has 1 saturated heterocycles. The summed E-state index contributed by atoms with van der Waals surface area (Å²) in [6.45, 7) is 2.16. The summed E-state index contributed by atoms with van der Waals surface area (Å²) in [5.41, 5.74) is -1.40. The highest BCUT2D eigenvalue weighted by Gasteiger charge is 2.52. The Kier molecular flexibility index (Phi) is 6.26. The van der Waals surface area contributed by atoms with Gasteiger partial charge in [0.25, 0.3) is 10.1 Å². The molecule has 1 heterocycles. The average Bonchev–Trinajstić information content (AvgIpc) is 2.44. The molecule has 1 aromatic rings. The van der Waals surface area contributed by atoms with Crippen molar-refractivity contribution in [2.45, 2.75) is 11.8 Å². The minimum Gasteiger partial charge on any atom is -0.341 e. The third-order valence-corrected chi connectivity index (χ3v) is 6.30. The van der Waals surface area contributed by atoms with Crippen molar-refractivity contribution < 1.29 is 30.0 Å². The van der Waals surface area contributed by atoms with E-state index >= 15 is 0 Å². The summed E-state index contributed by atoms with van der Waals surface area (Å²) in [4.78, 5) is 13.9. The summed E-state index contributed by atoms with van der Waals surface area (Å²) in [6.07, 6.45) is 0.840. The minimum absolute atomic E-state index is 0.113. The SMILES string of the molecule is CCN1CC(COS(C)(=O)=O)(C(=O)OS(=O)(=O)c2ccc(Cl)cc2Cl)C1. The van der Waals surface area contributed by atoms with Crippen molar-refractivity contribution in [2.75, 3.05) is 32.5 Å². The zero-order valence-electron chi connectivity index (χ0n) is 13.9. The van der Waals surface area contributed by atoms with Gasteiger partial charge in [-0.1, -0.05) is 30.1 Å². The van der Waals surface area contributed by atoms with Gasteiger partial charge in [0.15, 0.2) is 0 Å². The Balaban J connectivity index is 2.23. The van der Waals surface area contributed by atoms with Crippen LogP contribution in [0, 0.1) is 5.41 Å². The maximum atomic E-state index is 12.5. The molecule has 12 heteroatoms. The normalized spacial score (nSPS) is 17.5. The van der Waals surface area contributed by atoms with Crippen molar-refractivity contribution in [3.63, 3.8) is 0 Å². The lowest BCUT2D eigenvalue weighted by atomic mass is 9.81. The quantitative estimate of drug-likeness (QED) is 0.581. The van der Waals surface area contributed by atoms with Gasteiger partial charge < -0.3 is 9.08 Å². The molecule has 26 heavy (non-hydrogen) atoms. The first kappa shape index (κ1) is 21.4. The molecule has 0 amide bonds. The number of likely N-dealkylation sites (tertiary alicyclic amines) is 1. The number of halogens is 2. The first-order chi connectivity index (χ1) is 11.9. The number of benzene rings is 1. The molecule has 0 bridgehead atoms. The molecule has 0 saturated carbocycles. The van der Waals surface area contributed by atoms with Gasteiger partial charge in [-0.25, -0.2) is 0 Å². The van der Waals surface area contributed by atoms with Crippen LogP contribution in [0.1, 0.15) is 6.92 Å². The van der Waals surface area contributed by atoms with Gasteiger partial charge in [-0.3, -0.25) is 8.98 Å². The molecule has 0 spiro atoms. The molecule has 1 aliphatic heterocycles. The van der Waals surface area contributed by atoms with Gasteiger partial charge >= 0.3 is 16.1 Å². The van der Waals surface area contributed by atoms with Crippen LogP contribution in [0.2, 0.25) is 10.0 Å². The molecule has 0 N–H and O–H groups in total. The van der Waals surface area contributed by atoms with Gasteiger partial charge in [-0.15, -0.1) is 0 Å². The lowest BCUT2D eigenvalue weighted by Crippen LogP contribution is -2.63. The highest BCUT2D eigenvalue weighted by atomic mass is 35.5. The molecule has 0 unspecified atom stereocenters. The lowest BCUT2D eigenvalue weighted by molar-refractivity contribution is -0.160. The molecule has 0 atom stereocenters. The predicted octanol–water partition coefficient (Wildman–Crippen LogP) is 1.52. The number of hydrogen-bond donors (Lipinski definition) is 0. The Bertz CT molecular complexity index is 909. The van der Waals surface area contributed by atoms with E-state index < -0.39 is 43.1 Å². The molecule has 1 aliphatic rings. The van der Waals surface area contributed by atoms with E-state index in [1.165, 1.54) is 12.1 Å². The van der Waals surface area contributed by atoms with E-state index in [2.05, 4.69) is 0 Å². The van der Waals surface area contributed by atoms with Crippen LogP contribution in [0.25, 0.3) is 0 Å². The van der Waals surface area contributed by atoms with Crippen LogP contribution in [0.4, 0.5) is 0 Å². The second-order valence-corrected chi connectivity index (χ2v) is 9.95. The molecule has 0 aliphatic carbocycles. The Morgan fingerprint density at radius 1 is 1.23 bits per heavy atom. The highest BCUT2D eigenvalue weighted by molar-refractivity contribution is 7.87. The first-order valence-electron chi connectivity index (χ1n) is 7.39. The van der Waals surface area contributed by atoms with Crippen molar-refractivity contribution in [1.29, 1.82) is 0 Å². The Hall–Kier alpha value is -0.910. The van der Waals surface area contributed by atoms with Gasteiger partial charge in [-0.05, 0) is 24.7 Å². The largest absolute Gasteiger partial charge is 0.343 e. The molecular formula is C14H17Cl2NO7S2. The van der Waals surface area contributed by atoms with E-state index in [1.54, 1.807) is 0 Å². The van der Waals surface area contributed by atoms with Gasteiger partial charge in [0.05, 0.1) is 17.9 Å². The van der Waals surface area contributed by atoms with Crippen LogP contribution in [0.3, 0.4) is 0 Å². The van der Waals surface area contributed by atoms with Crippen molar-refractivity contribution in [3.8, 4) is 0 Å². The number of hydrogen-bond acceptors (Lipinski definition) is 8. The van der Waals surface area contributed by atoms with Gasteiger partial charge in [0.1, 0.15) is 10.3 Å². The molecule has 0 aromatic heterocycles. The number of rotatable bonds is 7. The number of carbonyl (C=O) groups is 1. The van der Waals surface area contributed by atoms with E-state index in [0.717, 1.165) is 12.3 Å². The van der Waals surface area contributed by atoms with Crippen molar-refractivity contribution in [2.24, 2.45) is 5.41 Å². The van der Waals surface area contributed by atoms with Crippen LogP contribution in [-0.2, 0) is 33.4 Å². The highest BCUT2D eigenvalue weighted by Crippen LogP contribution is 2.35. The first-order valence-corrected chi connectivity index (χ1v) is 11.4. The smallest absolute Gasteiger partial charge is 0.341 e.